The van der Waals surface area contributed by atoms with Crippen LogP contribution >= 0.6 is 15.9 Å². The van der Waals surface area contributed by atoms with Gasteiger partial charge in [-0.15, -0.1) is 10.2 Å². The van der Waals surface area contributed by atoms with Crippen molar-refractivity contribution < 1.29 is 4.74 Å². The molecule has 108 valence electrons. The maximum absolute atomic E-state index is 5.45. The number of hydrogen-bond acceptors (Lipinski definition) is 5. The Kier molecular flexibility index (Phi) is 3.23. The number of halogens is 1. The number of fused-ring (bicyclic) bond motifs is 3. The van der Waals surface area contributed by atoms with Gasteiger partial charge < -0.3 is 9.64 Å². The Morgan fingerprint density at radius 2 is 2.05 bits per heavy atom. The van der Waals surface area contributed by atoms with E-state index in [4.69, 9.17) is 9.73 Å². The highest BCUT2D eigenvalue weighted by Crippen LogP contribution is 2.26. The van der Waals surface area contributed by atoms with Crippen molar-refractivity contribution in [2.75, 3.05) is 26.3 Å². The van der Waals surface area contributed by atoms with Crippen molar-refractivity contribution in [3.63, 3.8) is 0 Å². The Morgan fingerprint density at radius 3 is 2.90 bits per heavy atom. The summed E-state index contributed by atoms with van der Waals surface area (Å²) in [5.74, 6) is 1.88. The second-order valence-electron chi connectivity index (χ2n) is 5.02. The van der Waals surface area contributed by atoms with Crippen molar-refractivity contribution in [3.8, 4) is 5.69 Å². The van der Waals surface area contributed by atoms with E-state index in [0.717, 1.165) is 53.7 Å². The number of aliphatic imine (C=N–C) groups is 1. The maximum Gasteiger partial charge on any atom is 0.159 e. The zero-order valence-electron chi connectivity index (χ0n) is 11.4. The molecule has 0 aliphatic carbocycles. The summed E-state index contributed by atoms with van der Waals surface area (Å²) in [6, 6.07) is 6.22. The van der Waals surface area contributed by atoms with Gasteiger partial charge in [0.25, 0.3) is 0 Å². The molecule has 4 rings (SSSR count). The summed E-state index contributed by atoms with van der Waals surface area (Å²) in [5, 5.41) is 8.17. The van der Waals surface area contributed by atoms with Gasteiger partial charge in [0.2, 0.25) is 0 Å². The van der Waals surface area contributed by atoms with Crippen molar-refractivity contribution in [2.45, 2.75) is 6.54 Å². The van der Waals surface area contributed by atoms with E-state index >= 15 is 0 Å². The molecule has 0 radical (unpaired) electrons. The second-order valence-corrected chi connectivity index (χ2v) is 5.93. The van der Waals surface area contributed by atoms with E-state index in [1.54, 1.807) is 6.33 Å². The molecule has 2 aromatic rings. The number of morpholine rings is 1. The van der Waals surface area contributed by atoms with Gasteiger partial charge in [0.05, 0.1) is 18.9 Å². The van der Waals surface area contributed by atoms with Gasteiger partial charge in [0, 0.05) is 23.1 Å². The monoisotopic (exact) mass is 347 g/mol. The van der Waals surface area contributed by atoms with Gasteiger partial charge in [0.1, 0.15) is 18.7 Å². The number of hydrogen-bond donors (Lipinski definition) is 0. The number of benzene rings is 1. The van der Waals surface area contributed by atoms with Gasteiger partial charge in [-0.05, 0) is 18.2 Å². The molecule has 21 heavy (non-hydrogen) atoms. The molecule has 0 atom stereocenters. The summed E-state index contributed by atoms with van der Waals surface area (Å²) in [4.78, 5) is 7.07. The molecule has 1 fully saturated rings. The molecule has 0 unspecified atom stereocenters. The van der Waals surface area contributed by atoms with E-state index in [1.165, 1.54) is 0 Å². The summed E-state index contributed by atoms with van der Waals surface area (Å²) < 4.78 is 8.50. The van der Waals surface area contributed by atoms with Gasteiger partial charge in [-0.3, -0.25) is 9.56 Å². The van der Waals surface area contributed by atoms with E-state index in [2.05, 4.69) is 43.2 Å². The van der Waals surface area contributed by atoms with Crippen molar-refractivity contribution in [3.05, 3.63) is 40.4 Å². The predicted molar refractivity (Wildman–Crippen MR) is 81.7 cm³/mol. The van der Waals surface area contributed by atoms with Crippen LogP contribution < -0.4 is 0 Å². The first-order valence-corrected chi connectivity index (χ1v) is 7.68. The summed E-state index contributed by atoms with van der Waals surface area (Å²) >= 11 is 3.56. The molecular weight excluding hydrogens is 334 g/mol. The smallest absolute Gasteiger partial charge is 0.159 e. The average Bonchev–Trinajstić information content (AvgIpc) is 2.92. The number of rotatable bonds is 0. The topological polar surface area (TPSA) is 55.5 Å². The van der Waals surface area contributed by atoms with Gasteiger partial charge >= 0.3 is 0 Å². The van der Waals surface area contributed by atoms with E-state index in [9.17, 15) is 0 Å². The number of aromatic nitrogens is 3. The van der Waals surface area contributed by atoms with Crippen LogP contribution in [0.2, 0.25) is 0 Å². The summed E-state index contributed by atoms with van der Waals surface area (Å²) in [7, 11) is 0. The lowest BCUT2D eigenvalue weighted by atomic mass is 10.1. The van der Waals surface area contributed by atoms with Crippen LogP contribution in [-0.2, 0) is 11.3 Å². The molecule has 1 saturated heterocycles. The van der Waals surface area contributed by atoms with Gasteiger partial charge in [-0.1, -0.05) is 15.9 Å². The van der Waals surface area contributed by atoms with Gasteiger partial charge in [-0.25, -0.2) is 0 Å². The first kappa shape index (κ1) is 13.0. The number of ether oxygens (including phenoxy) is 1. The van der Waals surface area contributed by atoms with E-state index < -0.39 is 0 Å². The van der Waals surface area contributed by atoms with Crippen molar-refractivity contribution >= 4 is 21.8 Å². The van der Waals surface area contributed by atoms with Crippen LogP contribution in [0.3, 0.4) is 0 Å². The number of amidine groups is 1. The van der Waals surface area contributed by atoms with Crippen molar-refractivity contribution in [1.82, 2.24) is 19.7 Å². The third kappa shape index (κ3) is 2.26. The highest BCUT2D eigenvalue weighted by Gasteiger charge is 2.24. The molecule has 0 saturated carbocycles. The quantitative estimate of drug-likeness (QED) is 0.726. The molecule has 1 aromatic carbocycles. The Bertz CT molecular complexity index is 705. The fraction of sp³-hybridized carbons (Fsp3) is 0.357. The van der Waals surface area contributed by atoms with E-state index in [-0.39, 0.29) is 0 Å². The molecule has 6 nitrogen and oxygen atoms in total. The van der Waals surface area contributed by atoms with Crippen LogP contribution in [0.4, 0.5) is 0 Å². The second kappa shape index (κ2) is 5.23. The van der Waals surface area contributed by atoms with Crippen LogP contribution in [-0.4, -0.2) is 51.8 Å². The predicted octanol–water partition coefficient (Wildman–Crippen LogP) is 1.62. The zero-order valence-corrected chi connectivity index (χ0v) is 13.0. The Morgan fingerprint density at radius 1 is 1.19 bits per heavy atom. The molecule has 2 aliphatic heterocycles. The average molecular weight is 348 g/mol. The summed E-state index contributed by atoms with van der Waals surface area (Å²) in [5.41, 5.74) is 2.17. The molecule has 0 bridgehead atoms. The molecule has 0 spiro atoms. The molecule has 0 N–H and O–H groups in total. The minimum absolute atomic E-state index is 0.541. The lowest BCUT2D eigenvalue weighted by molar-refractivity contribution is 0.0682. The van der Waals surface area contributed by atoms with Crippen LogP contribution in [0.1, 0.15) is 11.4 Å². The third-order valence-electron chi connectivity index (χ3n) is 3.76. The summed E-state index contributed by atoms with van der Waals surface area (Å²) in [6.45, 7) is 3.76. The first-order valence-electron chi connectivity index (χ1n) is 6.89. The summed E-state index contributed by atoms with van der Waals surface area (Å²) in [6.07, 6.45) is 1.75. The van der Waals surface area contributed by atoms with Crippen LogP contribution in [0.25, 0.3) is 5.69 Å². The third-order valence-corrected chi connectivity index (χ3v) is 4.25. The Hall–Kier alpha value is -1.73. The zero-order chi connectivity index (χ0) is 14.2. The lowest BCUT2D eigenvalue weighted by Gasteiger charge is -2.30. The molecule has 0 amide bonds. The van der Waals surface area contributed by atoms with Crippen LogP contribution in [0.5, 0.6) is 0 Å². The highest BCUT2D eigenvalue weighted by atomic mass is 79.9. The fourth-order valence-corrected chi connectivity index (χ4v) is 3.10. The molecular formula is C14H14BrN5O. The lowest BCUT2D eigenvalue weighted by Crippen LogP contribution is -2.41. The molecule has 7 heteroatoms. The standard InChI is InChI=1S/C14H14BrN5O/c15-10-1-2-12-11(7-10)14(19-3-5-21-6-4-19)16-8-13-18-17-9-20(12)13/h1-2,7,9H,3-6,8H2. The minimum atomic E-state index is 0.541. The number of nitrogens with zero attached hydrogens (tertiary/aromatic N) is 5. The van der Waals surface area contributed by atoms with E-state index in [0.29, 0.717) is 6.54 Å². The van der Waals surface area contributed by atoms with E-state index in [1.807, 2.05) is 10.6 Å². The molecule has 2 aliphatic rings. The van der Waals surface area contributed by atoms with Crippen molar-refractivity contribution in [1.29, 1.82) is 0 Å². The normalized spacial score (nSPS) is 17.8. The molecule has 1 aromatic heterocycles. The van der Waals surface area contributed by atoms with Gasteiger partial charge in [-0.2, -0.15) is 0 Å². The van der Waals surface area contributed by atoms with Crippen LogP contribution in [0, 0.1) is 0 Å². The maximum atomic E-state index is 5.45. The SMILES string of the molecule is Brc1ccc2c(c1)C(N1CCOCC1)=NCc1nncn1-2. The highest BCUT2D eigenvalue weighted by molar-refractivity contribution is 9.10. The Labute approximate surface area is 130 Å². The first-order chi connectivity index (χ1) is 10.3. The Balaban J connectivity index is 1.86. The largest absolute Gasteiger partial charge is 0.378 e. The minimum Gasteiger partial charge on any atom is -0.378 e. The molecule has 3 heterocycles. The van der Waals surface area contributed by atoms with Crippen molar-refractivity contribution in [2.24, 2.45) is 4.99 Å². The van der Waals surface area contributed by atoms with Gasteiger partial charge in [0.15, 0.2) is 5.82 Å². The van der Waals surface area contributed by atoms with Crippen LogP contribution in [0.15, 0.2) is 34.0 Å². The fourth-order valence-electron chi connectivity index (χ4n) is 2.74.